The van der Waals surface area contributed by atoms with Crippen molar-refractivity contribution in [3.8, 4) is 5.75 Å². The van der Waals surface area contributed by atoms with Gasteiger partial charge in [0.05, 0.1) is 12.7 Å². The summed E-state index contributed by atoms with van der Waals surface area (Å²) < 4.78 is 19.0. The van der Waals surface area contributed by atoms with Gasteiger partial charge >= 0.3 is 0 Å². The molecule has 0 radical (unpaired) electrons. The van der Waals surface area contributed by atoms with Gasteiger partial charge in [-0.25, -0.2) is 4.39 Å². The number of hydrogen-bond acceptors (Lipinski definition) is 3. The van der Waals surface area contributed by atoms with E-state index in [2.05, 4.69) is 5.32 Å². The van der Waals surface area contributed by atoms with Crippen molar-refractivity contribution >= 4 is 0 Å². The molecule has 0 spiro atoms. The summed E-state index contributed by atoms with van der Waals surface area (Å²) in [5, 5.41) is 12.6. The molecule has 1 rings (SSSR count). The fraction of sp³-hybridized carbons (Fsp3) is 0.571. The topological polar surface area (TPSA) is 41.5 Å². The first-order valence-corrected chi connectivity index (χ1v) is 6.28. The molecule has 102 valence electrons. The molecule has 3 nitrogen and oxygen atoms in total. The molecule has 2 N–H and O–H groups in total. The number of halogens is 1. The molecule has 0 aliphatic carbocycles. The van der Waals surface area contributed by atoms with Crippen LogP contribution in [0.5, 0.6) is 5.75 Å². The molecule has 1 aromatic rings. The van der Waals surface area contributed by atoms with Crippen molar-refractivity contribution in [3.63, 3.8) is 0 Å². The van der Waals surface area contributed by atoms with Gasteiger partial charge in [-0.2, -0.15) is 0 Å². The number of nitrogens with one attached hydrogen (secondary N) is 1. The first-order valence-electron chi connectivity index (χ1n) is 6.28. The van der Waals surface area contributed by atoms with Crippen molar-refractivity contribution in [2.24, 2.45) is 0 Å². The van der Waals surface area contributed by atoms with Gasteiger partial charge in [0.2, 0.25) is 0 Å². The van der Waals surface area contributed by atoms with Crippen LogP contribution in [0.4, 0.5) is 4.39 Å². The lowest BCUT2D eigenvalue weighted by Gasteiger charge is -2.31. The normalized spacial score (nSPS) is 16.1. The van der Waals surface area contributed by atoms with Crippen LogP contribution in [0.2, 0.25) is 0 Å². The Labute approximate surface area is 108 Å². The Morgan fingerprint density at radius 1 is 1.44 bits per heavy atom. The molecule has 0 fully saturated rings. The second kappa shape index (κ2) is 6.71. The predicted octanol–water partition coefficient (Wildman–Crippen LogP) is 2.34. The number of likely N-dealkylation sites (N-methyl/N-ethyl adjacent to an activating group) is 1. The maximum atomic E-state index is 13.4. The molecular weight excluding hydrogens is 233 g/mol. The number of aliphatic hydroxyl groups is 1. The molecule has 0 aromatic heterocycles. The van der Waals surface area contributed by atoms with Gasteiger partial charge in [0, 0.05) is 12.0 Å². The molecule has 18 heavy (non-hydrogen) atoms. The highest BCUT2D eigenvalue weighted by Gasteiger charge is 2.25. The number of para-hydroxylation sites is 1. The van der Waals surface area contributed by atoms with E-state index < -0.39 is 5.54 Å². The molecule has 4 heteroatoms. The molecule has 0 amide bonds. The monoisotopic (exact) mass is 255 g/mol. The first-order chi connectivity index (χ1) is 8.50. The third kappa shape index (κ3) is 4.27. The zero-order valence-electron chi connectivity index (χ0n) is 11.2. The summed E-state index contributed by atoms with van der Waals surface area (Å²) in [6.45, 7) is 6.57. The van der Waals surface area contributed by atoms with Crippen LogP contribution in [0.1, 0.15) is 27.2 Å². The van der Waals surface area contributed by atoms with Crippen LogP contribution in [-0.2, 0) is 0 Å². The fourth-order valence-corrected chi connectivity index (χ4v) is 2.05. The average molecular weight is 255 g/mol. The zero-order valence-corrected chi connectivity index (χ0v) is 11.2. The summed E-state index contributed by atoms with van der Waals surface area (Å²) in [7, 11) is 0. The molecule has 2 unspecified atom stereocenters. The quantitative estimate of drug-likeness (QED) is 0.786. The highest BCUT2D eigenvalue weighted by molar-refractivity contribution is 5.23. The van der Waals surface area contributed by atoms with E-state index in [4.69, 9.17) is 4.74 Å². The van der Waals surface area contributed by atoms with Crippen LogP contribution < -0.4 is 10.1 Å². The lowest BCUT2D eigenvalue weighted by molar-refractivity contribution is 0.109. The minimum Gasteiger partial charge on any atom is -0.488 e. The summed E-state index contributed by atoms with van der Waals surface area (Å²) in [5.41, 5.74) is -0.403. The van der Waals surface area contributed by atoms with Crippen molar-refractivity contribution < 1.29 is 14.2 Å². The number of aliphatic hydroxyl groups excluding tert-OH is 1. The molecular formula is C14H22FNO2. The Kier molecular flexibility index (Phi) is 5.56. The first kappa shape index (κ1) is 14.9. The summed E-state index contributed by atoms with van der Waals surface area (Å²) >= 11 is 0. The zero-order chi connectivity index (χ0) is 13.6. The van der Waals surface area contributed by atoms with Gasteiger partial charge in [0.25, 0.3) is 0 Å². The predicted molar refractivity (Wildman–Crippen MR) is 70.3 cm³/mol. The summed E-state index contributed by atoms with van der Waals surface area (Å²) in [6, 6.07) is 6.34. The number of benzene rings is 1. The average Bonchev–Trinajstić information content (AvgIpc) is 2.32. The van der Waals surface area contributed by atoms with Gasteiger partial charge in [-0.1, -0.05) is 19.1 Å². The minimum atomic E-state index is -0.403. The van der Waals surface area contributed by atoms with Crippen LogP contribution in [0.3, 0.4) is 0 Å². The number of hydrogen-bond donors (Lipinski definition) is 2. The van der Waals surface area contributed by atoms with Crippen molar-refractivity contribution in [1.29, 1.82) is 0 Å². The van der Waals surface area contributed by atoms with Gasteiger partial charge < -0.3 is 15.2 Å². The van der Waals surface area contributed by atoms with Crippen molar-refractivity contribution in [2.45, 2.75) is 38.8 Å². The van der Waals surface area contributed by atoms with E-state index in [1.165, 1.54) is 6.07 Å². The number of rotatable bonds is 7. The maximum Gasteiger partial charge on any atom is 0.165 e. The number of ether oxygens (including phenoxy) is 1. The largest absolute Gasteiger partial charge is 0.488 e. The highest BCUT2D eigenvalue weighted by atomic mass is 19.1. The van der Waals surface area contributed by atoms with Crippen LogP contribution in [0.25, 0.3) is 0 Å². The third-order valence-corrected chi connectivity index (χ3v) is 2.86. The van der Waals surface area contributed by atoms with Crippen LogP contribution in [0, 0.1) is 5.82 Å². The Morgan fingerprint density at radius 3 is 2.67 bits per heavy atom. The van der Waals surface area contributed by atoms with Crippen molar-refractivity contribution in [1.82, 2.24) is 5.32 Å². The van der Waals surface area contributed by atoms with E-state index in [-0.39, 0.29) is 24.3 Å². The van der Waals surface area contributed by atoms with Crippen LogP contribution in [0.15, 0.2) is 24.3 Å². The molecule has 0 aliphatic heterocycles. The Hall–Kier alpha value is -1.13. The Balaban J connectivity index is 2.61. The van der Waals surface area contributed by atoms with E-state index in [0.717, 1.165) is 6.54 Å². The Bertz CT molecular complexity index is 373. The van der Waals surface area contributed by atoms with Crippen molar-refractivity contribution in [3.05, 3.63) is 30.1 Å². The van der Waals surface area contributed by atoms with E-state index in [9.17, 15) is 9.50 Å². The van der Waals surface area contributed by atoms with Crippen molar-refractivity contribution in [2.75, 3.05) is 13.2 Å². The van der Waals surface area contributed by atoms with E-state index in [1.54, 1.807) is 18.2 Å². The summed E-state index contributed by atoms with van der Waals surface area (Å²) in [6.07, 6.45) is 0.421. The minimum absolute atomic E-state index is 0.0197. The smallest absolute Gasteiger partial charge is 0.165 e. The lowest BCUT2D eigenvalue weighted by Crippen LogP contribution is -2.48. The second-order valence-electron chi connectivity index (χ2n) is 4.81. The summed E-state index contributed by atoms with van der Waals surface area (Å²) in [4.78, 5) is 0. The summed E-state index contributed by atoms with van der Waals surface area (Å²) in [5.74, 6) is -0.111. The maximum absolute atomic E-state index is 13.4. The highest BCUT2D eigenvalue weighted by Crippen LogP contribution is 2.20. The molecule has 0 saturated heterocycles. The van der Waals surface area contributed by atoms with Gasteiger partial charge in [-0.3, -0.25) is 0 Å². The standard InChI is InChI=1S/C14H22FNO2/c1-4-16-14(3,10-17)9-11(2)18-13-8-6-5-7-12(13)15/h5-8,11,16-17H,4,9-10H2,1-3H3. The molecule has 0 bridgehead atoms. The molecule has 1 aromatic carbocycles. The van der Waals surface area contributed by atoms with Gasteiger partial charge in [-0.15, -0.1) is 0 Å². The van der Waals surface area contributed by atoms with E-state index in [0.29, 0.717) is 6.42 Å². The molecule has 0 aliphatic rings. The Morgan fingerprint density at radius 2 is 2.11 bits per heavy atom. The van der Waals surface area contributed by atoms with Crippen LogP contribution >= 0.6 is 0 Å². The van der Waals surface area contributed by atoms with E-state index >= 15 is 0 Å². The van der Waals surface area contributed by atoms with Gasteiger partial charge in [0.15, 0.2) is 11.6 Å². The van der Waals surface area contributed by atoms with E-state index in [1.807, 2.05) is 20.8 Å². The fourth-order valence-electron chi connectivity index (χ4n) is 2.05. The molecule has 0 saturated carbocycles. The lowest BCUT2D eigenvalue weighted by atomic mass is 9.95. The third-order valence-electron chi connectivity index (χ3n) is 2.86. The van der Waals surface area contributed by atoms with Gasteiger partial charge in [0.1, 0.15) is 0 Å². The van der Waals surface area contributed by atoms with Crippen LogP contribution in [-0.4, -0.2) is 29.9 Å². The molecule has 0 heterocycles. The SMILES string of the molecule is CCNC(C)(CO)CC(C)Oc1ccccc1F. The van der Waals surface area contributed by atoms with Gasteiger partial charge in [-0.05, 0) is 32.5 Å². The molecule has 2 atom stereocenters. The second-order valence-corrected chi connectivity index (χ2v) is 4.81.